The van der Waals surface area contributed by atoms with Crippen molar-refractivity contribution in [2.75, 3.05) is 30.9 Å². The van der Waals surface area contributed by atoms with E-state index in [0.29, 0.717) is 18.1 Å². The molecule has 0 unspecified atom stereocenters. The van der Waals surface area contributed by atoms with Gasteiger partial charge in [-0.2, -0.15) is 0 Å². The number of benzene rings is 3. The Morgan fingerprint density at radius 3 is 2.47 bits per heavy atom. The van der Waals surface area contributed by atoms with Crippen LogP contribution in [0.2, 0.25) is 0 Å². The number of nitrogens with zero attached hydrogens (tertiary/aromatic N) is 4. The Balaban J connectivity index is 1.30. The molecule has 1 saturated heterocycles. The van der Waals surface area contributed by atoms with Gasteiger partial charge in [0.2, 0.25) is 5.91 Å². The lowest BCUT2D eigenvalue weighted by Crippen LogP contribution is -2.33. The van der Waals surface area contributed by atoms with Crippen molar-refractivity contribution in [2.45, 2.75) is 32.4 Å². The number of carbonyl (C=O) groups excluding carboxylic acids is 1. The molecule has 2 aromatic heterocycles. The van der Waals surface area contributed by atoms with E-state index < -0.39 is 0 Å². The van der Waals surface area contributed by atoms with Crippen molar-refractivity contribution < 1.29 is 4.79 Å². The molecule has 0 spiro atoms. The van der Waals surface area contributed by atoms with Crippen molar-refractivity contribution in [3.63, 3.8) is 0 Å². The second kappa shape index (κ2) is 11.9. The van der Waals surface area contributed by atoms with E-state index in [4.69, 9.17) is 12.2 Å². The molecule has 8 heteroatoms. The van der Waals surface area contributed by atoms with Crippen molar-refractivity contribution in [3.8, 4) is 5.69 Å². The highest BCUT2D eigenvalue weighted by Crippen LogP contribution is 2.41. The zero-order valence-corrected chi connectivity index (χ0v) is 25.7. The Kier molecular flexibility index (Phi) is 7.86. The predicted octanol–water partition coefficient (Wildman–Crippen LogP) is 6.71. The first-order valence-electron chi connectivity index (χ1n) is 14.5. The maximum absolute atomic E-state index is 13.3. The third-order valence-electron chi connectivity index (χ3n) is 8.25. The normalized spacial score (nSPS) is 16.4. The Hall–Kier alpha value is -4.69. The summed E-state index contributed by atoms with van der Waals surface area (Å²) in [6.07, 6.45) is 2.11. The Bertz CT molecular complexity index is 1770. The number of hydrogen-bond donors (Lipinski definition) is 2. The number of hydrogen-bond acceptors (Lipinski definition) is 4. The molecule has 2 atom stereocenters. The average Bonchev–Trinajstić information content (AvgIpc) is 3.50. The van der Waals surface area contributed by atoms with Gasteiger partial charge in [0.1, 0.15) is 0 Å². The van der Waals surface area contributed by atoms with Crippen LogP contribution in [0.3, 0.4) is 0 Å². The molecule has 1 fully saturated rings. The molecule has 3 heterocycles. The second-order valence-corrected chi connectivity index (χ2v) is 11.6. The van der Waals surface area contributed by atoms with Crippen LogP contribution in [0, 0.1) is 13.8 Å². The summed E-state index contributed by atoms with van der Waals surface area (Å²) in [5.41, 5.74) is 7.42. The number of rotatable bonds is 8. The van der Waals surface area contributed by atoms with E-state index in [9.17, 15) is 4.79 Å². The maximum atomic E-state index is 13.3. The molecule has 0 radical (unpaired) electrons. The number of fused-ring (bicyclic) bond motifs is 1. The van der Waals surface area contributed by atoms with E-state index in [1.165, 1.54) is 0 Å². The number of amides is 1. The molecule has 218 valence electrons. The van der Waals surface area contributed by atoms with E-state index in [0.717, 1.165) is 50.5 Å². The van der Waals surface area contributed by atoms with Crippen LogP contribution in [0.15, 0.2) is 97.2 Å². The lowest BCUT2D eigenvalue weighted by Gasteiger charge is -2.28. The van der Waals surface area contributed by atoms with Crippen LogP contribution in [-0.2, 0) is 4.79 Å². The van der Waals surface area contributed by atoms with Gasteiger partial charge in [0.25, 0.3) is 0 Å². The fourth-order valence-electron chi connectivity index (χ4n) is 6.14. The molecular weight excluding hydrogens is 552 g/mol. The molecule has 43 heavy (non-hydrogen) atoms. The molecule has 6 rings (SSSR count). The van der Waals surface area contributed by atoms with Crippen LogP contribution in [0.25, 0.3) is 16.5 Å². The number of carbonyl (C=O) groups is 1. The van der Waals surface area contributed by atoms with Gasteiger partial charge in [-0.05, 0) is 85.5 Å². The minimum Gasteiger partial charge on any atom is -0.378 e. The molecule has 7 nitrogen and oxygen atoms in total. The fraction of sp³-hybridized carbons (Fsp3) is 0.229. The van der Waals surface area contributed by atoms with Crippen LogP contribution in [-0.4, -0.2) is 46.1 Å². The third kappa shape index (κ3) is 5.58. The second-order valence-electron chi connectivity index (χ2n) is 11.2. The number of anilines is 2. The zero-order chi connectivity index (χ0) is 30.1. The highest BCUT2D eigenvalue weighted by molar-refractivity contribution is 7.80. The van der Waals surface area contributed by atoms with Gasteiger partial charge in [0.15, 0.2) is 5.11 Å². The van der Waals surface area contributed by atoms with Crippen LogP contribution in [0.1, 0.15) is 41.1 Å². The molecule has 3 aromatic carbocycles. The lowest BCUT2D eigenvalue weighted by atomic mass is 9.96. The average molecular weight is 589 g/mol. The van der Waals surface area contributed by atoms with Gasteiger partial charge in [-0.3, -0.25) is 9.78 Å². The van der Waals surface area contributed by atoms with E-state index >= 15 is 0 Å². The first kappa shape index (κ1) is 28.4. The van der Waals surface area contributed by atoms with Gasteiger partial charge in [-0.1, -0.05) is 42.5 Å². The standard InChI is InChI=1S/C35H36N6OS/c1-23-22-29(24(2)41(23)27-17-15-26(16-18-27)39(3)4)34-33(31-13-7-8-20-36-31)38-35(43)40(34)21-19-32(42)37-30-14-9-11-25-10-5-6-12-28(25)30/h5-18,20,22,33-34H,19,21H2,1-4H3,(H,37,42)(H,38,43)/t33-,34-/m0/s1. The van der Waals surface area contributed by atoms with Gasteiger partial charge in [-0.15, -0.1) is 0 Å². The summed E-state index contributed by atoms with van der Waals surface area (Å²) in [4.78, 5) is 22.2. The number of aryl methyl sites for hydroxylation is 1. The number of aromatic nitrogens is 2. The summed E-state index contributed by atoms with van der Waals surface area (Å²) in [5.74, 6) is -0.0503. The van der Waals surface area contributed by atoms with Crippen molar-refractivity contribution in [1.82, 2.24) is 19.8 Å². The van der Waals surface area contributed by atoms with Crippen molar-refractivity contribution in [3.05, 3.63) is 120 Å². The van der Waals surface area contributed by atoms with E-state index in [1.807, 2.05) is 68.8 Å². The molecule has 2 N–H and O–H groups in total. The number of nitrogens with one attached hydrogen (secondary N) is 2. The third-order valence-corrected chi connectivity index (χ3v) is 8.61. The maximum Gasteiger partial charge on any atom is 0.226 e. The highest BCUT2D eigenvalue weighted by Gasteiger charge is 2.41. The molecule has 1 aliphatic heterocycles. The van der Waals surface area contributed by atoms with Crippen molar-refractivity contribution in [1.29, 1.82) is 0 Å². The van der Waals surface area contributed by atoms with E-state index in [1.54, 1.807) is 0 Å². The van der Waals surface area contributed by atoms with Crippen molar-refractivity contribution >= 4 is 45.4 Å². The molecule has 1 amide bonds. The minimum absolute atomic E-state index is 0.0503. The van der Waals surface area contributed by atoms with E-state index in [2.05, 4.69) is 86.3 Å². The van der Waals surface area contributed by atoms with Gasteiger partial charge >= 0.3 is 0 Å². The first-order valence-corrected chi connectivity index (χ1v) is 14.9. The molecule has 0 aliphatic carbocycles. The van der Waals surface area contributed by atoms with Gasteiger partial charge in [0, 0.05) is 67.1 Å². The van der Waals surface area contributed by atoms with E-state index in [-0.39, 0.29) is 18.0 Å². The smallest absolute Gasteiger partial charge is 0.226 e. The minimum atomic E-state index is -0.153. The summed E-state index contributed by atoms with van der Waals surface area (Å²) in [5, 5.41) is 9.40. The van der Waals surface area contributed by atoms with Crippen molar-refractivity contribution in [2.24, 2.45) is 0 Å². The number of pyridine rings is 1. The Morgan fingerprint density at radius 1 is 0.977 bits per heavy atom. The van der Waals surface area contributed by atoms with Gasteiger partial charge < -0.3 is 25.0 Å². The Labute approximate surface area is 258 Å². The first-order chi connectivity index (χ1) is 20.8. The molecule has 0 bridgehead atoms. The van der Waals surface area contributed by atoms with Crippen LogP contribution in [0.4, 0.5) is 11.4 Å². The summed E-state index contributed by atoms with van der Waals surface area (Å²) in [6, 6.07) is 30.5. The summed E-state index contributed by atoms with van der Waals surface area (Å²) >= 11 is 5.90. The summed E-state index contributed by atoms with van der Waals surface area (Å²) < 4.78 is 2.29. The molecule has 1 aliphatic rings. The number of thiocarbonyl (C=S) groups is 1. The molecular formula is C35H36N6OS. The quantitative estimate of drug-likeness (QED) is 0.197. The highest BCUT2D eigenvalue weighted by atomic mass is 32.1. The monoisotopic (exact) mass is 588 g/mol. The van der Waals surface area contributed by atoms with Crippen LogP contribution in [0.5, 0.6) is 0 Å². The molecule has 5 aromatic rings. The SMILES string of the molecule is Cc1cc([C@H]2[C@H](c3ccccn3)NC(=S)N2CCC(=O)Nc2cccc3ccccc23)c(C)n1-c1ccc(N(C)C)cc1. The fourth-order valence-corrected chi connectivity index (χ4v) is 6.47. The van der Waals surface area contributed by atoms with Gasteiger partial charge in [-0.25, -0.2) is 0 Å². The van der Waals surface area contributed by atoms with Crippen LogP contribution >= 0.6 is 12.2 Å². The lowest BCUT2D eigenvalue weighted by molar-refractivity contribution is -0.116. The zero-order valence-electron chi connectivity index (χ0n) is 24.9. The predicted molar refractivity (Wildman–Crippen MR) is 179 cm³/mol. The van der Waals surface area contributed by atoms with Crippen LogP contribution < -0.4 is 15.5 Å². The van der Waals surface area contributed by atoms with Gasteiger partial charge in [0.05, 0.1) is 17.8 Å². The Morgan fingerprint density at radius 2 is 1.72 bits per heavy atom. The largest absolute Gasteiger partial charge is 0.378 e. The summed E-state index contributed by atoms with van der Waals surface area (Å²) in [7, 11) is 4.09. The summed E-state index contributed by atoms with van der Waals surface area (Å²) in [6.45, 7) is 4.76. The molecule has 0 saturated carbocycles. The topological polar surface area (TPSA) is 65.4 Å².